The number of carbonyl (C=O) groups is 1. The first-order valence-electron chi connectivity index (χ1n) is 10.2. The smallest absolute Gasteiger partial charge is 0.258 e. The molecule has 5 rings (SSSR count). The molecule has 1 aliphatic rings. The Hall–Kier alpha value is -4.27. The number of hydrogen-bond acceptors (Lipinski definition) is 7. The van der Waals surface area contributed by atoms with Gasteiger partial charge in [0.1, 0.15) is 19.0 Å². The summed E-state index contributed by atoms with van der Waals surface area (Å²) < 4.78 is 18.6. The number of nitrogens with one attached hydrogen (secondary N) is 1. The van der Waals surface area contributed by atoms with Gasteiger partial charge in [0, 0.05) is 11.3 Å². The van der Waals surface area contributed by atoms with Crippen LogP contribution in [0.15, 0.2) is 60.7 Å². The lowest BCUT2D eigenvalue weighted by Gasteiger charge is -2.19. The molecule has 0 spiro atoms. The van der Waals surface area contributed by atoms with E-state index in [1.54, 1.807) is 23.6 Å². The minimum Gasteiger partial charge on any atom is -0.486 e. The normalized spacial score (nSPS) is 13.5. The SMILES string of the molecule is CC(Oc1ccc(Nc2nc3cccc(-c4ccc5c(c4)OCCO5)n3n2)cc1)C(N)=O. The van der Waals surface area contributed by atoms with E-state index in [2.05, 4.69) is 15.4 Å². The van der Waals surface area contributed by atoms with Gasteiger partial charge >= 0.3 is 0 Å². The molecule has 0 bridgehead atoms. The first-order chi connectivity index (χ1) is 15.6. The molecule has 2 aromatic carbocycles. The van der Waals surface area contributed by atoms with Crippen LogP contribution < -0.4 is 25.3 Å². The Bertz CT molecular complexity index is 1290. The van der Waals surface area contributed by atoms with Gasteiger partial charge in [0.05, 0.1) is 5.69 Å². The number of nitrogens with two attached hydrogens (primary N) is 1. The van der Waals surface area contributed by atoms with Crippen molar-refractivity contribution in [2.45, 2.75) is 13.0 Å². The van der Waals surface area contributed by atoms with Crippen molar-refractivity contribution in [1.29, 1.82) is 0 Å². The molecule has 1 aliphatic heterocycles. The number of pyridine rings is 1. The number of rotatable bonds is 6. The zero-order valence-corrected chi connectivity index (χ0v) is 17.3. The van der Waals surface area contributed by atoms with Crippen LogP contribution >= 0.6 is 0 Å². The number of carbonyl (C=O) groups excluding carboxylic acids is 1. The molecule has 3 N–H and O–H groups in total. The average Bonchev–Trinajstić information content (AvgIpc) is 3.22. The lowest BCUT2D eigenvalue weighted by Crippen LogP contribution is -2.30. The summed E-state index contributed by atoms with van der Waals surface area (Å²) in [6.07, 6.45) is -0.701. The molecule has 9 nitrogen and oxygen atoms in total. The number of benzene rings is 2. The van der Waals surface area contributed by atoms with Gasteiger partial charge in [-0.1, -0.05) is 6.07 Å². The maximum atomic E-state index is 11.2. The Balaban J connectivity index is 1.39. The summed E-state index contributed by atoms with van der Waals surface area (Å²) in [6, 6.07) is 18.8. The first-order valence-corrected chi connectivity index (χ1v) is 10.2. The van der Waals surface area contributed by atoms with Gasteiger partial charge in [-0.2, -0.15) is 4.98 Å². The van der Waals surface area contributed by atoms with Gasteiger partial charge in [-0.05, 0) is 61.5 Å². The minimum atomic E-state index is -0.701. The number of amides is 1. The summed E-state index contributed by atoms with van der Waals surface area (Å²) in [7, 11) is 0. The van der Waals surface area contributed by atoms with E-state index in [1.807, 2.05) is 48.5 Å². The molecule has 0 aliphatic carbocycles. The molecule has 1 unspecified atom stereocenters. The van der Waals surface area contributed by atoms with Crippen LogP contribution in [0.2, 0.25) is 0 Å². The molecule has 2 aromatic heterocycles. The van der Waals surface area contributed by atoms with Crippen LogP contribution in [0.1, 0.15) is 6.92 Å². The maximum absolute atomic E-state index is 11.2. The van der Waals surface area contributed by atoms with E-state index in [4.69, 9.17) is 19.9 Å². The zero-order chi connectivity index (χ0) is 22.1. The Morgan fingerprint density at radius 1 is 1.09 bits per heavy atom. The molecule has 1 amide bonds. The lowest BCUT2D eigenvalue weighted by molar-refractivity contribution is -0.123. The first kappa shape index (κ1) is 19.7. The van der Waals surface area contributed by atoms with Gasteiger partial charge in [0.25, 0.3) is 5.91 Å². The molecule has 0 saturated carbocycles. The van der Waals surface area contributed by atoms with E-state index in [1.165, 1.54) is 0 Å². The number of hydrogen-bond donors (Lipinski definition) is 2. The summed E-state index contributed by atoms with van der Waals surface area (Å²) in [5.41, 5.74) is 8.54. The summed E-state index contributed by atoms with van der Waals surface area (Å²) in [5.74, 6) is 1.94. The van der Waals surface area contributed by atoms with Crippen LogP contribution in [-0.4, -0.2) is 39.8 Å². The second kappa shape index (κ2) is 8.10. The van der Waals surface area contributed by atoms with Crippen molar-refractivity contribution in [3.05, 3.63) is 60.7 Å². The number of anilines is 2. The Morgan fingerprint density at radius 2 is 1.88 bits per heavy atom. The summed E-state index contributed by atoms with van der Waals surface area (Å²) in [4.78, 5) is 15.7. The monoisotopic (exact) mass is 431 g/mol. The molecule has 4 aromatic rings. The molecule has 0 radical (unpaired) electrons. The maximum Gasteiger partial charge on any atom is 0.258 e. The Kier molecular flexibility index (Phi) is 4.98. The standard InChI is InChI=1S/C23H21N5O4/c1-14(22(24)29)32-17-8-6-16(7-9-17)25-23-26-21-4-2-3-18(28(21)27-23)15-5-10-19-20(13-15)31-12-11-30-19/h2-10,13-14H,11-12H2,1H3,(H2,24,29)(H,25,27). The van der Waals surface area contributed by atoms with Crippen molar-refractivity contribution in [3.63, 3.8) is 0 Å². The zero-order valence-electron chi connectivity index (χ0n) is 17.3. The largest absolute Gasteiger partial charge is 0.486 e. The molecule has 1 atom stereocenters. The number of primary amides is 1. The highest BCUT2D eigenvalue weighted by atomic mass is 16.6. The quantitative estimate of drug-likeness (QED) is 0.482. The van der Waals surface area contributed by atoms with Crippen molar-refractivity contribution in [1.82, 2.24) is 14.6 Å². The number of aromatic nitrogens is 3. The molecule has 162 valence electrons. The molecule has 9 heteroatoms. The van der Waals surface area contributed by atoms with Crippen LogP contribution in [0, 0.1) is 0 Å². The van der Waals surface area contributed by atoms with Crippen LogP contribution in [0.3, 0.4) is 0 Å². The number of ether oxygens (including phenoxy) is 3. The van der Waals surface area contributed by atoms with Gasteiger partial charge in [0.15, 0.2) is 23.3 Å². The molecule has 32 heavy (non-hydrogen) atoms. The highest BCUT2D eigenvalue weighted by Crippen LogP contribution is 2.34. The number of fused-ring (bicyclic) bond motifs is 2. The van der Waals surface area contributed by atoms with Crippen LogP contribution in [0.5, 0.6) is 17.2 Å². The highest BCUT2D eigenvalue weighted by Gasteiger charge is 2.15. The minimum absolute atomic E-state index is 0.453. The van der Waals surface area contributed by atoms with Crippen LogP contribution in [-0.2, 0) is 4.79 Å². The topological polar surface area (TPSA) is 113 Å². The van der Waals surface area contributed by atoms with Gasteiger partial charge in [-0.15, -0.1) is 5.10 Å². The van der Waals surface area contributed by atoms with Crippen molar-refractivity contribution in [2.75, 3.05) is 18.5 Å². The van der Waals surface area contributed by atoms with E-state index >= 15 is 0 Å². The molecular formula is C23H21N5O4. The van der Waals surface area contributed by atoms with Crippen molar-refractivity contribution in [2.24, 2.45) is 5.73 Å². The highest BCUT2D eigenvalue weighted by molar-refractivity contribution is 5.78. The third-order valence-corrected chi connectivity index (χ3v) is 5.02. The summed E-state index contributed by atoms with van der Waals surface area (Å²) in [6.45, 7) is 2.69. The third-order valence-electron chi connectivity index (χ3n) is 5.02. The molecule has 0 saturated heterocycles. The van der Waals surface area contributed by atoms with Gasteiger partial charge < -0.3 is 25.3 Å². The van der Waals surface area contributed by atoms with E-state index in [0.29, 0.717) is 30.6 Å². The summed E-state index contributed by atoms with van der Waals surface area (Å²) in [5, 5.41) is 7.81. The predicted molar refractivity (Wildman–Crippen MR) is 118 cm³/mol. The Labute approximate surface area is 183 Å². The fourth-order valence-electron chi connectivity index (χ4n) is 3.39. The molecule has 0 fully saturated rings. The van der Waals surface area contributed by atoms with E-state index < -0.39 is 12.0 Å². The lowest BCUT2D eigenvalue weighted by atomic mass is 10.1. The Morgan fingerprint density at radius 3 is 2.66 bits per heavy atom. The van der Waals surface area contributed by atoms with E-state index in [-0.39, 0.29) is 0 Å². The van der Waals surface area contributed by atoms with Crippen LogP contribution in [0.4, 0.5) is 11.6 Å². The number of nitrogens with zero attached hydrogens (tertiary/aromatic N) is 3. The summed E-state index contributed by atoms with van der Waals surface area (Å²) >= 11 is 0. The fourth-order valence-corrected chi connectivity index (χ4v) is 3.39. The third kappa shape index (κ3) is 3.87. The fraction of sp³-hybridized carbons (Fsp3) is 0.174. The van der Waals surface area contributed by atoms with Gasteiger partial charge in [0.2, 0.25) is 5.95 Å². The van der Waals surface area contributed by atoms with E-state index in [9.17, 15) is 4.79 Å². The van der Waals surface area contributed by atoms with Crippen molar-refractivity contribution < 1.29 is 19.0 Å². The molecular weight excluding hydrogens is 410 g/mol. The average molecular weight is 431 g/mol. The molecule has 3 heterocycles. The predicted octanol–water partition coefficient (Wildman–Crippen LogP) is 3.16. The van der Waals surface area contributed by atoms with Crippen molar-refractivity contribution in [3.8, 4) is 28.5 Å². The second-order valence-electron chi connectivity index (χ2n) is 7.29. The van der Waals surface area contributed by atoms with Crippen molar-refractivity contribution >= 4 is 23.2 Å². The van der Waals surface area contributed by atoms with E-state index in [0.717, 1.165) is 28.4 Å². The second-order valence-corrected chi connectivity index (χ2v) is 7.29. The van der Waals surface area contributed by atoms with Gasteiger partial charge in [-0.3, -0.25) is 4.79 Å². The van der Waals surface area contributed by atoms with Crippen LogP contribution in [0.25, 0.3) is 16.9 Å². The van der Waals surface area contributed by atoms with Gasteiger partial charge in [-0.25, -0.2) is 4.52 Å².